The SMILES string of the molecule is N#CN1[C@H]2CC[C@@H]1[C@H](NC(=O)c1ccc(NC(=O)c3ccccc3)cc1)C2. The molecule has 6 nitrogen and oxygen atoms in total. The summed E-state index contributed by atoms with van der Waals surface area (Å²) in [5, 5.41) is 15.1. The normalized spacial score (nSPS) is 22.9. The zero-order valence-corrected chi connectivity index (χ0v) is 14.8. The topological polar surface area (TPSA) is 85.2 Å². The van der Waals surface area contributed by atoms with E-state index in [4.69, 9.17) is 0 Å². The van der Waals surface area contributed by atoms with Crippen LogP contribution in [0.2, 0.25) is 0 Å². The molecule has 2 fully saturated rings. The quantitative estimate of drug-likeness (QED) is 0.821. The molecule has 0 spiro atoms. The number of benzene rings is 2. The van der Waals surface area contributed by atoms with Gasteiger partial charge in [-0.25, -0.2) is 0 Å². The molecule has 0 aromatic heterocycles. The minimum Gasteiger partial charge on any atom is -0.347 e. The van der Waals surface area contributed by atoms with Crippen LogP contribution < -0.4 is 10.6 Å². The minimum absolute atomic E-state index is 0.0216. The maximum Gasteiger partial charge on any atom is 0.255 e. The van der Waals surface area contributed by atoms with Crippen molar-refractivity contribution in [2.75, 3.05) is 5.32 Å². The molecular formula is C21H20N4O2. The van der Waals surface area contributed by atoms with Crippen LogP contribution in [0.5, 0.6) is 0 Å². The van der Waals surface area contributed by atoms with Crippen molar-refractivity contribution in [2.45, 2.75) is 37.4 Å². The van der Waals surface area contributed by atoms with Gasteiger partial charge in [0.1, 0.15) is 0 Å². The molecule has 6 heteroatoms. The number of hydrogen-bond donors (Lipinski definition) is 2. The highest BCUT2D eigenvalue weighted by molar-refractivity contribution is 6.04. The van der Waals surface area contributed by atoms with E-state index in [2.05, 4.69) is 16.8 Å². The molecule has 2 aromatic rings. The van der Waals surface area contributed by atoms with Crippen molar-refractivity contribution in [2.24, 2.45) is 0 Å². The molecule has 0 saturated carbocycles. The molecular weight excluding hydrogens is 340 g/mol. The molecule has 2 amide bonds. The number of nitriles is 1. The van der Waals surface area contributed by atoms with Gasteiger partial charge in [-0.2, -0.15) is 5.26 Å². The Morgan fingerprint density at radius 2 is 1.67 bits per heavy atom. The monoisotopic (exact) mass is 360 g/mol. The lowest BCUT2D eigenvalue weighted by Crippen LogP contribution is -2.43. The van der Waals surface area contributed by atoms with E-state index in [0.717, 1.165) is 19.3 Å². The van der Waals surface area contributed by atoms with Gasteiger partial charge in [0, 0.05) is 22.9 Å². The molecule has 136 valence electrons. The fourth-order valence-electron chi connectivity index (χ4n) is 4.05. The Labute approximate surface area is 157 Å². The Morgan fingerprint density at radius 3 is 2.33 bits per heavy atom. The number of rotatable bonds is 4. The molecule has 3 atom stereocenters. The van der Waals surface area contributed by atoms with Gasteiger partial charge in [0.2, 0.25) is 0 Å². The number of amides is 2. The van der Waals surface area contributed by atoms with Gasteiger partial charge in [0.15, 0.2) is 6.19 Å². The minimum atomic E-state index is -0.189. The van der Waals surface area contributed by atoms with Crippen LogP contribution in [0.1, 0.15) is 40.0 Å². The molecule has 2 bridgehead atoms. The van der Waals surface area contributed by atoms with Gasteiger partial charge in [-0.1, -0.05) is 18.2 Å². The second kappa shape index (κ2) is 7.12. The predicted octanol–water partition coefficient (Wildman–Crippen LogP) is 2.76. The number of hydrogen-bond acceptors (Lipinski definition) is 4. The maximum atomic E-state index is 12.5. The summed E-state index contributed by atoms with van der Waals surface area (Å²) < 4.78 is 0. The van der Waals surface area contributed by atoms with E-state index in [-0.39, 0.29) is 29.9 Å². The van der Waals surface area contributed by atoms with Crippen LogP contribution in [-0.2, 0) is 0 Å². The molecule has 27 heavy (non-hydrogen) atoms. The van der Waals surface area contributed by atoms with Crippen molar-refractivity contribution in [1.82, 2.24) is 10.2 Å². The fourth-order valence-corrected chi connectivity index (χ4v) is 4.05. The first-order valence-corrected chi connectivity index (χ1v) is 9.11. The Bertz CT molecular complexity index is 889. The molecule has 4 rings (SSSR count). The summed E-state index contributed by atoms with van der Waals surface area (Å²) in [6.45, 7) is 0. The van der Waals surface area contributed by atoms with Gasteiger partial charge in [0.25, 0.3) is 11.8 Å². The lowest BCUT2D eigenvalue weighted by molar-refractivity contribution is 0.0928. The average molecular weight is 360 g/mol. The highest BCUT2D eigenvalue weighted by atomic mass is 16.2. The van der Waals surface area contributed by atoms with Gasteiger partial charge in [-0.3, -0.25) is 9.59 Å². The highest BCUT2D eigenvalue weighted by Crippen LogP contribution is 2.37. The molecule has 2 aliphatic heterocycles. The average Bonchev–Trinajstić information content (AvgIpc) is 3.25. The van der Waals surface area contributed by atoms with Crippen molar-refractivity contribution < 1.29 is 9.59 Å². The zero-order valence-electron chi connectivity index (χ0n) is 14.8. The lowest BCUT2D eigenvalue weighted by Gasteiger charge is -2.21. The van der Waals surface area contributed by atoms with Crippen LogP contribution in [0, 0.1) is 11.5 Å². The first-order valence-electron chi connectivity index (χ1n) is 9.11. The summed E-state index contributed by atoms with van der Waals surface area (Å²) in [7, 11) is 0. The molecule has 2 saturated heterocycles. The third kappa shape index (κ3) is 3.36. The Kier molecular flexibility index (Phi) is 4.51. The van der Waals surface area contributed by atoms with E-state index in [1.165, 1.54) is 0 Å². The van der Waals surface area contributed by atoms with Gasteiger partial charge in [0.05, 0.1) is 12.1 Å². The summed E-state index contributed by atoms with van der Waals surface area (Å²) in [5.41, 5.74) is 1.76. The molecule has 2 heterocycles. The Hall–Kier alpha value is -3.33. The third-order valence-corrected chi connectivity index (χ3v) is 5.41. The van der Waals surface area contributed by atoms with Crippen molar-refractivity contribution in [1.29, 1.82) is 5.26 Å². The summed E-state index contributed by atoms with van der Waals surface area (Å²) >= 11 is 0. The maximum absolute atomic E-state index is 12.5. The Balaban J connectivity index is 1.37. The lowest BCUT2D eigenvalue weighted by atomic mass is 9.95. The Morgan fingerprint density at radius 1 is 0.963 bits per heavy atom. The van der Waals surface area contributed by atoms with E-state index < -0.39 is 0 Å². The third-order valence-electron chi connectivity index (χ3n) is 5.41. The number of carbonyl (C=O) groups excluding carboxylic acids is 2. The second-order valence-corrected chi connectivity index (χ2v) is 7.02. The van der Waals surface area contributed by atoms with Gasteiger partial charge in [-0.05, 0) is 55.7 Å². The van der Waals surface area contributed by atoms with Crippen LogP contribution in [0.25, 0.3) is 0 Å². The summed E-state index contributed by atoms with van der Waals surface area (Å²) in [4.78, 5) is 26.5. The number of nitrogens with one attached hydrogen (secondary N) is 2. The first-order chi connectivity index (χ1) is 13.2. The summed E-state index contributed by atoms with van der Waals surface area (Å²) in [6.07, 6.45) is 5.06. The van der Waals surface area contributed by atoms with Gasteiger partial charge >= 0.3 is 0 Å². The molecule has 0 aliphatic carbocycles. The highest BCUT2D eigenvalue weighted by Gasteiger charge is 2.46. The van der Waals surface area contributed by atoms with E-state index in [0.29, 0.717) is 16.8 Å². The number of anilines is 1. The van der Waals surface area contributed by atoms with Crippen molar-refractivity contribution >= 4 is 17.5 Å². The zero-order chi connectivity index (χ0) is 18.8. The number of carbonyl (C=O) groups is 2. The smallest absolute Gasteiger partial charge is 0.255 e. The standard InChI is InChI=1S/C21H20N4O2/c22-13-25-17-10-11-19(25)18(12-17)24-21(27)15-6-8-16(9-7-15)23-20(26)14-4-2-1-3-5-14/h1-9,17-19H,10-12H2,(H,23,26)(H,24,27)/t17-,18+,19+/m0/s1. The van der Waals surface area contributed by atoms with E-state index in [1.807, 2.05) is 23.1 Å². The van der Waals surface area contributed by atoms with Crippen LogP contribution in [0.15, 0.2) is 54.6 Å². The van der Waals surface area contributed by atoms with Crippen molar-refractivity contribution in [3.05, 3.63) is 65.7 Å². The van der Waals surface area contributed by atoms with Crippen molar-refractivity contribution in [3.8, 4) is 6.19 Å². The van der Waals surface area contributed by atoms with Crippen LogP contribution >= 0.6 is 0 Å². The van der Waals surface area contributed by atoms with Crippen LogP contribution in [0.3, 0.4) is 0 Å². The first kappa shape index (κ1) is 17.1. The molecule has 0 unspecified atom stereocenters. The molecule has 2 aromatic carbocycles. The second-order valence-electron chi connectivity index (χ2n) is 7.02. The van der Waals surface area contributed by atoms with Gasteiger partial charge < -0.3 is 15.5 Å². The van der Waals surface area contributed by atoms with Crippen molar-refractivity contribution in [3.63, 3.8) is 0 Å². The molecule has 0 radical (unpaired) electrons. The van der Waals surface area contributed by atoms with E-state index >= 15 is 0 Å². The molecule has 2 aliphatic rings. The summed E-state index contributed by atoms with van der Waals surface area (Å²) in [6, 6.07) is 16.2. The predicted molar refractivity (Wildman–Crippen MR) is 101 cm³/mol. The number of fused-ring (bicyclic) bond motifs is 2. The summed E-state index contributed by atoms with van der Waals surface area (Å²) in [5.74, 6) is -0.335. The molecule has 2 N–H and O–H groups in total. The van der Waals surface area contributed by atoms with Gasteiger partial charge in [-0.15, -0.1) is 0 Å². The largest absolute Gasteiger partial charge is 0.347 e. The van der Waals surface area contributed by atoms with Crippen LogP contribution in [-0.4, -0.2) is 34.8 Å². The van der Waals surface area contributed by atoms with E-state index in [1.54, 1.807) is 36.4 Å². The van der Waals surface area contributed by atoms with Crippen LogP contribution in [0.4, 0.5) is 5.69 Å². The number of nitrogens with zero attached hydrogens (tertiary/aromatic N) is 2. The van der Waals surface area contributed by atoms with E-state index in [9.17, 15) is 14.9 Å². The fraction of sp³-hybridized carbons (Fsp3) is 0.286.